The number of hydrogen-bond donors (Lipinski definition) is 2. The van der Waals surface area contributed by atoms with Crippen LogP contribution in [0.3, 0.4) is 0 Å². The first-order chi connectivity index (χ1) is 27.3. The van der Waals surface area contributed by atoms with E-state index in [0.717, 1.165) is 70.6 Å². The highest BCUT2D eigenvalue weighted by molar-refractivity contribution is 7.47. The number of allylic oxidation sites excluding steroid dienone is 14. The van der Waals surface area contributed by atoms with Gasteiger partial charge in [-0.25, -0.2) is 4.57 Å². The van der Waals surface area contributed by atoms with Crippen LogP contribution in [-0.4, -0.2) is 56.3 Å². The van der Waals surface area contributed by atoms with Gasteiger partial charge in [0, 0.05) is 19.4 Å². The summed E-state index contributed by atoms with van der Waals surface area (Å²) in [4.78, 5) is 35.0. The predicted octanol–water partition coefficient (Wildman–Crippen LogP) is 12.3. The van der Waals surface area contributed by atoms with E-state index >= 15 is 0 Å². The number of likely N-dealkylation sites (N-methyl/N-ethyl adjacent to an activating group) is 1. The van der Waals surface area contributed by atoms with Gasteiger partial charge in [0.1, 0.15) is 6.61 Å². The Kier molecular flexibility index (Phi) is 39.7. The molecule has 0 amide bonds. The van der Waals surface area contributed by atoms with E-state index in [4.69, 9.17) is 18.5 Å². The lowest BCUT2D eigenvalue weighted by molar-refractivity contribution is -0.161. The summed E-state index contributed by atoms with van der Waals surface area (Å²) in [5, 5.41) is 2.81. The van der Waals surface area contributed by atoms with Gasteiger partial charge in [-0.3, -0.25) is 18.6 Å². The van der Waals surface area contributed by atoms with E-state index in [9.17, 15) is 19.0 Å². The lowest BCUT2D eigenvalue weighted by Crippen LogP contribution is -2.29. The van der Waals surface area contributed by atoms with Crippen molar-refractivity contribution in [1.82, 2.24) is 5.32 Å². The van der Waals surface area contributed by atoms with Gasteiger partial charge in [-0.2, -0.15) is 0 Å². The van der Waals surface area contributed by atoms with E-state index in [1.54, 1.807) is 7.05 Å². The van der Waals surface area contributed by atoms with Gasteiger partial charge < -0.3 is 19.7 Å². The predicted molar refractivity (Wildman–Crippen MR) is 233 cm³/mol. The van der Waals surface area contributed by atoms with Crippen LogP contribution in [0.4, 0.5) is 0 Å². The molecular formula is C46H78NO8P. The molecule has 0 rings (SSSR count). The lowest BCUT2D eigenvalue weighted by atomic mass is 10.1. The molecule has 0 heterocycles. The summed E-state index contributed by atoms with van der Waals surface area (Å²) in [5.41, 5.74) is 0. The van der Waals surface area contributed by atoms with Gasteiger partial charge in [0.05, 0.1) is 13.2 Å². The summed E-state index contributed by atoms with van der Waals surface area (Å²) in [6, 6.07) is 0. The number of rotatable bonds is 39. The van der Waals surface area contributed by atoms with Crippen molar-refractivity contribution in [3.05, 3.63) is 85.1 Å². The average Bonchev–Trinajstić information content (AvgIpc) is 3.18. The zero-order valence-electron chi connectivity index (χ0n) is 35.3. The smallest absolute Gasteiger partial charge is 0.462 e. The van der Waals surface area contributed by atoms with Crippen LogP contribution in [0.15, 0.2) is 85.1 Å². The average molecular weight is 804 g/mol. The minimum absolute atomic E-state index is 0.0343. The maximum absolute atomic E-state index is 12.6. The minimum Gasteiger partial charge on any atom is -0.462 e. The Morgan fingerprint density at radius 1 is 0.554 bits per heavy atom. The van der Waals surface area contributed by atoms with Crippen LogP contribution >= 0.6 is 7.82 Å². The maximum Gasteiger partial charge on any atom is 0.472 e. The molecule has 0 aliphatic carbocycles. The van der Waals surface area contributed by atoms with Gasteiger partial charge >= 0.3 is 19.8 Å². The van der Waals surface area contributed by atoms with E-state index in [2.05, 4.69) is 104 Å². The Bertz CT molecular complexity index is 1190. The molecular weight excluding hydrogens is 725 g/mol. The zero-order chi connectivity index (χ0) is 41.1. The normalized spacial score (nSPS) is 14.1. The minimum atomic E-state index is -4.37. The number of nitrogens with one attached hydrogen (secondary N) is 1. The molecule has 0 saturated heterocycles. The molecule has 9 nitrogen and oxygen atoms in total. The number of phosphoric ester groups is 1. The molecule has 0 radical (unpaired) electrons. The summed E-state index contributed by atoms with van der Waals surface area (Å²) < 4.78 is 33.1. The monoisotopic (exact) mass is 804 g/mol. The molecule has 0 bridgehead atoms. The first-order valence-electron chi connectivity index (χ1n) is 21.5. The van der Waals surface area contributed by atoms with Crippen LogP contribution in [-0.2, 0) is 32.7 Å². The third-order valence-corrected chi connectivity index (χ3v) is 9.47. The molecule has 2 atom stereocenters. The van der Waals surface area contributed by atoms with Crippen LogP contribution in [0.5, 0.6) is 0 Å². The third-order valence-electron chi connectivity index (χ3n) is 8.49. The Morgan fingerprint density at radius 3 is 1.43 bits per heavy atom. The van der Waals surface area contributed by atoms with Crippen molar-refractivity contribution in [3.63, 3.8) is 0 Å². The van der Waals surface area contributed by atoms with Crippen LogP contribution in [0.2, 0.25) is 0 Å². The SMILES string of the molecule is CCCCC/C=C\C/C=C\C/C=C\C/C=C\CCCCCC(=O)OCC(COP(=O)(O)OCCNC)OC(=O)CCCC/C=C\C/C=C\C/C=C\CCCCC. The van der Waals surface area contributed by atoms with Crippen molar-refractivity contribution >= 4 is 19.8 Å². The Labute approximate surface area is 341 Å². The second kappa shape index (κ2) is 41.8. The van der Waals surface area contributed by atoms with Crippen molar-refractivity contribution in [2.45, 2.75) is 161 Å². The molecule has 0 aliphatic rings. The molecule has 0 saturated carbocycles. The van der Waals surface area contributed by atoms with Crippen molar-refractivity contribution in [2.75, 3.05) is 33.4 Å². The topological polar surface area (TPSA) is 120 Å². The van der Waals surface area contributed by atoms with Gasteiger partial charge in [-0.05, 0) is 103 Å². The van der Waals surface area contributed by atoms with Gasteiger partial charge in [0.15, 0.2) is 6.10 Å². The quantitative estimate of drug-likeness (QED) is 0.0271. The number of carbonyl (C=O) groups is 2. The van der Waals surface area contributed by atoms with Gasteiger partial charge in [0.2, 0.25) is 0 Å². The fourth-order valence-corrected chi connectivity index (χ4v) is 5.94. The first-order valence-corrected chi connectivity index (χ1v) is 23.0. The number of esters is 2. The highest BCUT2D eigenvalue weighted by atomic mass is 31.2. The Balaban J connectivity index is 4.37. The highest BCUT2D eigenvalue weighted by Crippen LogP contribution is 2.43. The van der Waals surface area contributed by atoms with Gasteiger partial charge in [-0.1, -0.05) is 131 Å². The van der Waals surface area contributed by atoms with Crippen molar-refractivity contribution < 1.29 is 37.6 Å². The van der Waals surface area contributed by atoms with E-state index in [1.807, 2.05) is 0 Å². The van der Waals surface area contributed by atoms with E-state index < -0.39 is 32.5 Å². The molecule has 0 spiro atoms. The van der Waals surface area contributed by atoms with E-state index in [1.165, 1.54) is 44.9 Å². The van der Waals surface area contributed by atoms with Crippen LogP contribution in [0.25, 0.3) is 0 Å². The summed E-state index contributed by atoms with van der Waals surface area (Å²) in [7, 11) is -2.68. The van der Waals surface area contributed by atoms with E-state index in [0.29, 0.717) is 19.4 Å². The number of unbranched alkanes of at least 4 members (excludes halogenated alkanes) is 11. The number of phosphoric acid groups is 1. The lowest BCUT2D eigenvalue weighted by Gasteiger charge is -2.20. The standard InChI is InChI=1S/C46H78NO8P/c1-4-6-8-10-12-14-16-18-20-21-22-23-25-26-28-30-32-34-36-38-45(48)52-42-44(43-54-56(50,51)53-41-40-47-3)55-46(49)39-37-35-33-31-29-27-24-19-17-15-13-11-9-7-5-2/h12-15,18-20,22-24,26,28-29,31,44,47H,4-11,16-17,21,25,27,30,32-43H2,1-3H3,(H,50,51)/b14-12-,15-13-,20-18-,23-22-,24-19-,28-26-,31-29-. The molecule has 0 aromatic heterocycles. The van der Waals surface area contributed by atoms with Crippen molar-refractivity contribution in [3.8, 4) is 0 Å². The fourth-order valence-electron chi connectivity index (χ4n) is 5.19. The van der Waals surface area contributed by atoms with Crippen LogP contribution in [0.1, 0.15) is 155 Å². The highest BCUT2D eigenvalue weighted by Gasteiger charge is 2.26. The summed E-state index contributed by atoms with van der Waals surface area (Å²) in [6.45, 7) is 4.06. The number of carbonyl (C=O) groups excluding carboxylic acids is 2. The van der Waals surface area contributed by atoms with Crippen LogP contribution in [0, 0.1) is 0 Å². The Morgan fingerprint density at radius 2 is 0.964 bits per heavy atom. The molecule has 320 valence electrons. The fraction of sp³-hybridized carbons (Fsp3) is 0.652. The maximum atomic E-state index is 12.6. The van der Waals surface area contributed by atoms with Crippen molar-refractivity contribution in [2.24, 2.45) is 0 Å². The molecule has 56 heavy (non-hydrogen) atoms. The Hall–Kier alpha value is -2.81. The third kappa shape index (κ3) is 40.8. The second-order valence-electron chi connectivity index (χ2n) is 13.8. The molecule has 0 aromatic carbocycles. The summed E-state index contributed by atoms with van der Waals surface area (Å²) >= 11 is 0. The molecule has 2 N–H and O–H groups in total. The molecule has 2 unspecified atom stereocenters. The van der Waals surface area contributed by atoms with Gasteiger partial charge in [0.25, 0.3) is 0 Å². The van der Waals surface area contributed by atoms with Crippen molar-refractivity contribution in [1.29, 1.82) is 0 Å². The van der Waals surface area contributed by atoms with Crippen LogP contribution < -0.4 is 5.32 Å². The molecule has 0 aliphatic heterocycles. The largest absolute Gasteiger partial charge is 0.472 e. The first kappa shape index (κ1) is 53.2. The van der Waals surface area contributed by atoms with Gasteiger partial charge in [-0.15, -0.1) is 0 Å². The molecule has 10 heteroatoms. The second-order valence-corrected chi connectivity index (χ2v) is 15.3. The van der Waals surface area contributed by atoms with E-state index in [-0.39, 0.29) is 26.1 Å². The summed E-state index contributed by atoms with van der Waals surface area (Å²) in [6.07, 6.45) is 50.6. The molecule has 0 aromatic rings. The molecule has 0 fully saturated rings. The number of hydrogen-bond acceptors (Lipinski definition) is 8. The number of ether oxygens (including phenoxy) is 2. The summed E-state index contributed by atoms with van der Waals surface area (Å²) in [5.74, 6) is -0.897. The zero-order valence-corrected chi connectivity index (χ0v) is 36.2.